The Bertz CT molecular complexity index is 1810. The Morgan fingerprint density at radius 2 is 1.41 bits per heavy atom. The minimum absolute atomic E-state index is 0.0836. The monoisotopic (exact) mass is 611 g/mol. The first-order valence-corrected chi connectivity index (χ1v) is 15.8. The van der Waals surface area contributed by atoms with E-state index < -0.39 is 32.9 Å². The lowest BCUT2D eigenvalue weighted by Gasteiger charge is -2.41. The number of carbonyl (C=O) groups excluding carboxylic acids is 1. The Hall–Kier alpha value is -4.85. The second kappa shape index (κ2) is 10.9. The SMILES string of the molecule is CC(C)(CC1CC1(C(=O)O)c1cn(C(c2ccccc2)(c2ccccc2)c2ccccc2)cn1)C[N+]1([O-])Cc2ccccc2C1=O. The number of carbonyl (C=O) groups is 2. The van der Waals surface area contributed by atoms with Crippen LogP contribution in [0.15, 0.2) is 128 Å². The maximum absolute atomic E-state index is 13.8. The zero-order valence-electron chi connectivity index (χ0n) is 26.0. The molecule has 1 fully saturated rings. The zero-order valence-corrected chi connectivity index (χ0v) is 26.0. The summed E-state index contributed by atoms with van der Waals surface area (Å²) in [5.74, 6) is -1.56. The molecule has 2 heterocycles. The molecule has 1 aliphatic heterocycles. The van der Waals surface area contributed by atoms with Crippen molar-refractivity contribution >= 4 is 11.9 Å². The maximum atomic E-state index is 13.8. The summed E-state index contributed by atoms with van der Waals surface area (Å²) in [6, 6.07) is 37.8. The average Bonchev–Trinajstić information content (AvgIpc) is 3.43. The Morgan fingerprint density at radius 3 is 1.93 bits per heavy atom. The molecule has 3 unspecified atom stereocenters. The number of amides is 1. The number of aliphatic carboxylic acids is 1. The highest BCUT2D eigenvalue weighted by Crippen LogP contribution is 2.59. The van der Waals surface area contributed by atoms with E-state index in [1.165, 1.54) is 0 Å². The van der Waals surface area contributed by atoms with Gasteiger partial charge in [-0.05, 0) is 41.5 Å². The van der Waals surface area contributed by atoms with Crippen molar-refractivity contribution in [2.75, 3.05) is 6.54 Å². The van der Waals surface area contributed by atoms with Crippen LogP contribution >= 0.6 is 0 Å². The summed E-state index contributed by atoms with van der Waals surface area (Å²) in [7, 11) is 0. The Morgan fingerprint density at radius 1 is 0.891 bits per heavy atom. The second-order valence-corrected chi connectivity index (χ2v) is 13.7. The number of imidazole rings is 1. The molecule has 7 nitrogen and oxygen atoms in total. The number of nitrogens with zero attached hydrogens (tertiary/aromatic N) is 3. The summed E-state index contributed by atoms with van der Waals surface area (Å²) < 4.78 is 1.10. The van der Waals surface area contributed by atoms with Crippen molar-refractivity contribution in [2.45, 2.75) is 44.2 Å². The van der Waals surface area contributed by atoms with Crippen molar-refractivity contribution in [1.82, 2.24) is 9.55 Å². The summed E-state index contributed by atoms with van der Waals surface area (Å²) in [6.07, 6.45) is 4.56. The molecule has 1 aliphatic carbocycles. The molecule has 0 saturated heterocycles. The van der Waals surface area contributed by atoms with E-state index in [9.17, 15) is 19.9 Å². The van der Waals surface area contributed by atoms with Crippen LogP contribution in [0.1, 0.15) is 65.0 Å². The lowest BCUT2D eigenvalue weighted by Crippen LogP contribution is -2.48. The van der Waals surface area contributed by atoms with E-state index in [0.717, 1.165) is 22.3 Å². The molecule has 4 aromatic carbocycles. The van der Waals surface area contributed by atoms with Crippen LogP contribution in [0.2, 0.25) is 0 Å². The van der Waals surface area contributed by atoms with Gasteiger partial charge < -0.3 is 14.9 Å². The molecule has 0 radical (unpaired) electrons. The fourth-order valence-electron chi connectivity index (χ4n) is 7.97. The summed E-state index contributed by atoms with van der Waals surface area (Å²) in [4.78, 5) is 31.1. The van der Waals surface area contributed by atoms with Crippen LogP contribution in [0.3, 0.4) is 0 Å². The molecule has 1 amide bonds. The average molecular weight is 612 g/mol. The molecule has 5 aromatic rings. The van der Waals surface area contributed by atoms with E-state index in [-0.39, 0.29) is 19.0 Å². The number of quaternary nitrogens is 1. The van der Waals surface area contributed by atoms with Gasteiger partial charge in [-0.2, -0.15) is 0 Å². The first-order valence-electron chi connectivity index (χ1n) is 15.8. The molecule has 3 atom stereocenters. The van der Waals surface area contributed by atoms with Crippen LogP contribution in [-0.4, -0.2) is 37.7 Å². The molecular formula is C39H37N3O4. The molecule has 2 aliphatic rings. The largest absolute Gasteiger partial charge is 0.625 e. The molecule has 46 heavy (non-hydrogen) atoms. The molecule has 7 heteroatoms. The Labute approximate surface area is 269 Å². The Balaban J connectivity index is 1.24. The van der Waals surface area contributed by atoms with Gasteiger partial charge in [0.15, 0.2) is 0 Å². The van der Waals surface area contributed by atoms with Gasteiger partial charge in [-0.25, -0.2) is 9.78 Å². The van der Waals surface area contributed by atoms with Crippen LogP contribution < -0.4 is 0 Å². The fraction of sp³-hybridized carbons (Fsp3) is 0.256. The minimum atomic E-state index is -1.18. The quantitative estimate of drug-likeness (QED) is 0.103. The van der Waals surface area contributed by atoms with Crippen molar-refractivity contribution in [1.29, 1.82) is 0 Å². The third-order valence-corrected chi connectivity index (χ3v) is 10.0. The van der Waals surface area contributed by atoms with Crippen molar-refractivity contribution in [3.8, 4) is 0 Å². The van der Waals surface area contributed by atoms with Crippen LogP contribution in [0.5, 0.6) is 0 Å². The van der Waals surface area contributed by atoms with Gasteiger partial charge in [0.05, 0.1) is 24.1 Å². The number of carboxylic acid groups (broad SMARTS) is 1. The fourth-order valence-corrected chi connectivity index (χ4v) is 7.97. The molecule has 1 N–H and O–H groups in total. The van der Waals surface area contributed by atoms with Crippen LogP contribution in [0.25, 0.3) is 0 Å². The standard InChI is InChI=1S/C39H37N3O4/c1-37(2,26-42(46)25-28-14-12-13-21-33(28)35(42)43)22-32-23-38(32,36(44)45)34-24-41(27-40-34)39(29-15-6-3-7-16-29,30-17-8-4-9-18-30)31-19-10-5-11-20-31/h3-21,24,27,32H,22-23,25-26H2,1-2H3,(H,44,45). The maximum Gasteiger partial charge on any atom is 0.346 e. The van der Waals surface area contributed by atoms with Crippen LogP contribution in [-0.2, 0) is 22.3 Å². The first-order chi connectivity index (χ1) is 22.1. The number of hydroxylamine groups is 3. The lowest BCUT2D eigenvalue weighted by molar-refractivity contribution is -0.815. The Kier molecular flexibility index (Phi) is 7.07. The first kappa shape index (κ1) is 29.8. The molecule has 1 aromatic heterocycles. The van der Waals surface area contributed by atoms with Crippen LogP contribution in [0.4, 0.5) is 0 Å². The zero-order chi connectivity index (χ0) is 32.2. The van der Waals surface area contributed by atoms with Gasteiger partial charge in [0.2, 0.25) is 0 Å². The van der Waals surface area contributed by atoms with Crippen molar-refractivity contribution in [2.24, 2.45) is 11.3 Å². The van der Waals surface area contributed by atoms with Gasteiger partial charge in [0.25, 0.3) is 0 Å². The van der Waals surface area contributed by atoms with Crippen molar-refractivity contribution in [3.63, 3.8) is 0 Å². The number of fused-ring (bicyclic) bond motifs is 1. The lowest BCUT2D eigenvalue weighted by atomic mass is 9.76. The van der Waals surface area contributed by atoms with E-state index in [1.54, 1.807) is 18.5 Å². The predicted octanol–water partition coefficient (Wildman–Crippen LogP) is 7.15. The normalized spacial score (nSPS) is 22.4. The van der Waals surface area contributed by atoms with Gasteiger partial charge in [-0.1, -0.05) is 123 Å². The van der Waals surface area contributed by atoms with Gasteiger partial charge in [-0.15, -0.1) is 0 Å². The van der Waals surface area contributed by atoms with E-state index in [0.29, 0.717) is 24.1 Å². The molecule has 1 saturated carbocycles. The van der Waals surface area contributed by atoms with Gasteiger partial charge >= 0.3 is 11.9 Å². The summed E-state index contributed by atoms with van der Waals surface area (Å²) >= 11 is 0. The molecule has 0 spiro atoms. The number of hydrogen-bond acceptors (Lipinski definition) is 4. The smallest absolute Gasteiger partial charge is 0.346 e. The van der Waals surface area contributed by atoms with Gasteiger partial charge in [0, 0.05) is 17.2 Å². The number of benzene rings is 4. The highest BCUT2D eigenvalue weighted by Gasteiger charge is 2.64. The van der Waals surface area contributed by atoms with Gasteiger partial charge in [0.1, 0.15) is 17.5 Å². The highest BCUT2D eigenvalue weighted by molar-refractivity contribution is 5.93. The summed E-state index contributed by atoms with van der Waals surface area (Å²) in [5.41, 5.74) is 2.28. The van der Waals surface area contributed by atoms with Crippen molar-refractivity contribution in [3.05, 3.63) is 167 Å². The topological polar surface area (TPSA) is 95.2 Å². The number of rotatable bonds is 10. The third-order valence-electron chi connectivity index (χ3n) is 10.0. The number of carboxylic acids is 1. The van der Waals surface area contributed by atoms with E-state index in [1.807, 2.05) is 91.3 Å². The van der Waals surface area contributed by atoms with E-state index >= 15 is 0 Å². The summed E-state index contributed by atoms with van der Waals surface area (Å²) in [6.45, 7) is 4.13. The highest BCUT2D eigenvalue weighted by atomic mass is 16.6. The third kappa shape index (κ3) is 4.70. The van der Waals surface area contributed by atoms with E-state index in [4.69, 9.17) is 4.98 Å². The van der Waals surface area contributed by atoms with Crippen LogP contribution in [0, 0.1) is 16.5 Å². The molecule has 232 valence electrons. The minimum Gasteiger partial charge on any atom is -0.625 e. The second-order valence-electron chi connectivity index (χ2n) is 13.7. The predicted molar refractivity (Wildman–Crippen MR) is 176 cm³/mol. The molecular weight excluding hydrogens is 574 g/mol. The number of aromatic nitrogens is 2. The number of hydrogen-bond donors (Lipinski definition) is 1. The molecule has 0 bridgehead atoms. The van der Waals surface area contributed by atoms with Gasteiger partial charge in [-0.3, -0.25) is 9.44 Å². The molecule has 7 rings (SSSR count). The summed E-state index contributed by atoms with van der Waals surface area (Å²) in [5, 5.41) is 24.6. The van der Waals surface area contributed by atoms with Crippen molar-refractivity contribution < 1.29 is 19.3 Å². The van der Waals surface area contributed by atoms with E-state index in [2.05, 4.69) is 36.4 Å².